The maximum atomic E-state index is 6.08. The van der Waals surface area contributed by atoms with Crippen molar-refractivity contribution in [1.82, 2.24) is 5.32 Å². The van der Waals surface area contributed by atoms with Crippen molar-refractivity contribution in [3.8, 4) is 12.3 Å². The van der Waals surface area contributed by atoms with Crippen LogP contribution in [0.15, 0.2) is 0 Å². The summed E-state index contributed by atoms with van der Waals surface area (Å²) in [6.45, 7) is 3.09. The van der Waals surface area contributed by atoms with Gasteiger partial charge in [0.05, 0.1) is 5.60 Å². The molecule has 2 heterocycles. The smallest absolute Gasteiger partial charge is 0.0713 e. The maximum absolute atomic E-state index is 6.08. The molecule has 2 rings (SSSR count). The fourth-order valence-corrected chi connectivity index (χ4v) is 4.14. The molecule has 0 bridgehead atoms. The Balaban J connectivity index is 1.86. The highest BCUT2D eigenvalue weighted by molar-refractivity contribution is 7.99. The van der Waals surface area contributed by atoms with Gasteiger partial charge in [-0.05, 0) is 44.1 Å². The van der Waals surface area contributed by atoms with Gasteiger partial charge in [0.1, 0.15) is 0 Å². The normalized spacial score (nSPS) is 29.8. The highest BCUT2D eigenvalue weighted by atomic mass is 32.2. The SMILES string of the molecule is C#CCC(C)NC1CCOC2(CCSCC2)C1. The summed E-state index contributed by atoms with van der Waals surface area (Å²) >= 11 is 2.06. The second-order valence-electron chi connectivity index (χ2n) is 5.31. The number of rotatable bonds is 3. The molecule has 1 N–H and O–H groups in total. The fraction of sp³-hybridized carbons (Fsp3) is 0.857. The molecule has 2 atom stereocenters. The van der Waals surface area contributed by atoms with Crippen LogP contribution in [0.4, 0.5) is 0 Å². The van der Waals surface area contributed by atoms with E-state index in [1.807, 2.05) is 0 Å². The van der Waals surface area contributed by atoms with Crippen LogP contribution in [0.2, 0.25) is 0 Å². The summed E-state index contributed by atoms with van der Waals surface area (Å²) < 4.78 is 6.08. The van der Waals surface area contributed by atoms with Gasteiger partial charge in [-0.25, -0.2) is 0 Å². The van der Waals surface area contributed by atoms with E-state index in [4.69, 9.17) is 11.2 Å². The van der Waals surface area contributed by atoms with E-state index in [2.05, 4.69) is 29.9 Å². The van der Waals surface area contributed by atoms with Crippen molar-refractivity contribution in [2.45, 2.75) is 56.7 Å². The molecule has 0 radical (unpaired) electrons. The third-order valence-corrected chi connectivity index (χ3v) is 4.83. The van der Waals surface area contributed by atoms with E-state index in [0.717, 1.165) is 19.4 Å². The van der Waals surface area contributed by atoms with Crippen molar-refractivity contribution in [3.05, 3.63) is 0 Å². The van der Waals surface area contributed by atoms with E-state index >= 15 is 0 Å². The Morgan fingerprint density at radius 2 is 2.29 bits per heavy atom. The van der Waals surface area contributed by atoms with Crippen molar-refractivity contribution < 1.29 is 4.74 Å². The van der Waals surface area contributed by atoms with Crippen molar-refractivity contribution in [3.63, 3.8) is 0 Å². The number of thioether (sulfide) groups is 1. The van der Waals surface area contributed by atoms with Crippen molar-refractivity contribution in [2.24, 2.45) is 0 Å². The molecule has 2 unspecified atom stereocenters. The molecule has 2 nitrogen and oxygen atoms in total. The van der Waals surface area contributed by atoms with Gasteiger partial charge in [-0.15, -0.1) is 12.3 Å². The van der Waals surface area contributed by atoms with Crippen LogP contribution in [-0.4, -0.2) is 35.8 Å². The fourth-order valence-electron chi connectivity index (χ4n) is 2.90. The predicted molar refractivity (Wildman–Crippen MR) is 74.3 cm³/mol. The largest absolute Gasteiger partial charge is 0.375 e. The van der Waals surface area contributed by atoms with Gasteiger partial charge in [0.25, 0.3) is 0 Å². The summed E-state index contributed by atoms with van der Waals surface area (Å²) in [5.74, 6) is 5.24. The summed E-state index contributed by atoms with van der Waals surface area (Å²) in [5, 5.41) is 3.66. The summed E-state index contributed by atoms with van der Waals surface area (Å²) in [6.07, 6.45) is 10.9. The van der Waals surface area contributed by atoms with Crippen LogP contribution in [0, 0.1) is 12.3 Å². The van der Waals surface area contributed by atoms with Gasteiger partial charge in [-0.1, -0.05) is 0 Å². The maximum Gasteiger partial charge on any atom is 0.0713 e. The molecule has 2 fully saturated rings. The molecule has 0 amide bonds. The number of terminal acetylenes is 1. The van der Waals surface area contributed by atoms with Crippen molar-refractivity contribution in [1.29, 1.82) is 0 Å². The Labute approximate surface area is 109 Å². The van der Waals surface area contributed by atoms with E-state index in [1.54, 1.807) is 0 Å². The minimum atomic E-state index is 0.178. The molecule has 1 spiro atoms. The van der Waals surface area contributed by atoms with Gasteiger partial charge in [-0.2, -0.15) is 11.8 Å². The lowest BCUT2D eigenvalue weighted by Crippen LogP contribution is -2.50. The van der Waals surface area contributed by atoms with Crippen LogP contribution in [-0.2, 0) is 4.74 Å². The first-order valence-corrected chi connectivity index (χ1v) is 7.81. The van der Waals surface area contributed by atoms with E-state index in [0.29, 0.717) is 12.1 Å². The third-order valence-electron chi connectivity index (χ3n) is 3.84. The zero-order valence-corrected chi connectivity index (χ0v) is 11.5. The third kappa shape index (κ3) is 3.64. The topological polar surface area (TPSA) is 21.3 Å². The van der Waals surface area contributed by atoms with Crippen LogP contribution in [0.5, 0.6) is 0 Å². The zero-order chi connectivity index (χ0) is 12.1. The Hall–Kier alpha value is -0.170. The molecule has 17 heavy (non-hydrogen) atoms. The molecule has 0 aromatic heterocycles. The Bertz CT molecular complexity index is 275. The predicted octanol–water partition coefficient (Wildman–Crippen LogP) is 2.43. The number of nitrogens with one attached hydrogen (secondary N) is 1. The molecule has 0 aromatic carbocycles. The number of ether oxygens (including phenoxy) is 1. The lowest BCUT2D eigenvalue weighted by atomic mass is 9.85. The van der Waals surface area contributed by atoms with Crippen LogP contribution in [0.1, 0.15) is 39.0 Å². The molecule has 2 aliphatic rings. The van der Waals surface area contributed by atoms with Gasteiger partial charge in [-0.3, -0.25) is 0 Å². The first-order valence-electron chi connectivity index (χ1n) is 6.65. The van der Waals surface area contributed by atoms with Gasteiger partial charge in [0.15, 0.2) is 0 Å². The number of hydrogen-bond donors (Lipinski definition) is 1. The summed E-state index contributed by atoms with van der Waals surface area (Å²) in [4.78, 5) is 0. The van der Waals surface area contributed by atoms with Gasteiger partial charge in [0, 0.05) is 25.1 Å². The first kappa shape index (κ1) is 13.3. The molecule has 0 aliphatic carbocycles. The van der Waals surface area contributed by atoms with Crippen LogP contribution < -0.4 is 5.32 Å². The summed E-state index contributed by atoms with van der Waals surface area (Å²) in [7, 11) is 0. The van der Waals surface area contributed by atoms with Gasteiger partial charge < -0.3 is 10.1 Å². The van der Waals surface area contributed by atoms with Crippen LogP contribution in [0.25, 0.3) is 0 Å². The highest BCUT2D eigenvalue weighted by Gasteiger charge is 2.38. The average Bonchev–Trinajstić information content (AvgIpc) is 2.30. The average molecular weight is 253 g/mol. The molecule has 2 aliphatic heterocycles. The first-order chi connectivity index (χ1) is 8.24. The highest BCUT2D eigenvalue weighted by Crippen LogP contribution is 2.37. The number of hydrogen-bond acceptors (Lipinski definition) is 3. The molecule has 0 saturated carbocycles. The van der Waals surface area contributed by atoms with E-state index in [-0.39, 0.29) is 5.60 Å². The lowest BCUT2D eigenvalue weighted by Gasteiger charge is -2.44. The Kier molecular flexibility index (Phi) is 4.78. The van der Waals surface area contributed by atoms with E-state index in [1.165, 1.54) is 30.8 Å². The zero-order valence-electron chi connectivity index (χ0n) is 10.7. The molecule has 96 valence electrons. The summed E-state index contributed by atoms with van der Waals surface area (Å²) in [5.41, 5.74) is 0.178. The van der Waals surface area contributed by atoms with Gasteiger partial charge >= 0.3 is 0 Å². The lowest BCUT2D eigenvalue weighted by molar-refractivity contribution is -0.0939. The molecule has 0 aromatic rings. The minimum absolute atomic E-state index is 0.178. The molecule has 2 saturated heterocycles. The van der Waals surface area contributed by atoms with E-state index < -0.39 is 0 Å². The van der Waals surface area contributed by atoms with Crippen LogP contribution in [0.3, 0.4) is 0 Å². The quantitative estimate of drug-likeness (QED) is 0.781. The van der Waals surface area contributed by atoms with Gasteiger partial charge in [0.2, 0.25) is 0 Å². The monoisotopic (exact) mass is 253 g/mol. The minimum Gasteiger partial charge on any atom is -0.375 e. The second-order valence-corrected chi connectivity index (χ2v) is 6.53. The molecular weight excluding hydrogens is 230 g/mol. The van der Waals surface area contributed by atoms with Crippen molar-refractivity contribution >= 4 is 11.8 Å². The summed E-state index contributed by atoms with van der Waals surface area (Å²) in [6, 6.07) is 1.02. The molecule has 3 heteroatoms. The molecular formula is C14H23NOS. The second kappa shape index (κ2) is 6.13. The van der Waals surface area contributed by atoms with Crippen LogP contribution >= 0.6 is 11.8 Å². The standard InChI is InChI=1S/C14H23NOS/c1-3-4-12(2)15-13-5-8-16-14(11-13)6-9-17-10-7-14/h1,12-13,15H,4-11H2,2H3. The Morgan fingerprint density at radius 3 is 3.00 bits per heavy atom. The Morgan fingerprint density at radius 1 is 1.53 bits per heavy atom. The van der Waals surface area contributed by atoms with Crippen molar-refractivity contribution in [2.75, 3.05) is 18.1 Å². The van der Waals surface area contributed by atoms with E-state index in [9.17, 15) is 0 Å².